The van der Waals surface area contributed by atoms with Crippen molar-refractivity contribution in [3.63, 3.8) is 0 Å². The number of nitrogens with zero attached hydrogens (tertiary/aromatic N) is 1. The van der Waals surface area contributed by atoms with Crippen molar-refractivity contribution in [2.45, 2.75) is 20.0 Å². The summed E-state index contributed by atoms with van der Waals surface area (Å²) in [7, 11) is 1.69. The lowest BCUT2D eigenvalue weighted by molar-refractivity contribution is 0.414. The van der Waals surface area contributed by atoms with E-state index in [-0.39, 0.29) is 0 Å². The number of aromatic nitrogens is 1. The Balaban J connectivity index is 1.97. The molecule has 1 heterocycles. The molecule has 1 N–H and O–H groups in total. The normalized spacial score (nSPS) is 10.6. The molecule has 0 radical (unpaired) electrons. The van der Waals surface area contributed by atoms with Crippen LogP contribution in [0.2, 0.25) is 0 Å². The number of benzene rings is 1. The maximum absolute atomic E-state index is 5.15. The van der Waals surface area contributed by atoms with Gasteiger partial charge in [-0.05, 0) is 35.9 Å². The fraction of sp³-hybridized carbons (Fsp3) is 0.333. The highest BCUT2D eigenvalue weighted by Gasteiger charge is 1.98. The maximum Gasteiger partial charge on any atom is 0.118 e. The molecule has 0 bridgehead atoms. The molecule has 1 aromatic carbocycles. The fourth-order valence-electron chi connectivity index (χ4n) is 1.90. The Hall–Kier alpha value is -1.74. The van der Waals surface area contributed by atoms with E-state index in [1.54, 1.807) is 7.11 Å². The number of nitrogens with one attached hydrogen (secondary N) is 1. The monoisotopic (exact) mass is 244 g/mol. The molecule has 0 aliphatic heterocycles. The van der Waals surface area contributed by atoms with Crippen molar-refractivity contribution in [3.05, 3.63) is 53.9 Å². The predicted octanol–water partition coefficient (Wildman–Crippen LogP) is 2.65. The molecule has 0 unspecified atom stereocenters. The van der Waals surface area contributed by atoms with E-state index in [2.05, 4.69) is 47.4 Å². The van der Waals surface area contributed by atoms with Gasteiger partial charge in [0.05, 0.1) is 7.11 Å². The van der Waals surface area contributed by atoms with Gasteiger partial charge in [0.1, 0.15) is 5.75 Å². The highest BCUT2D eigenvalue weighted by atomic mass is 16.5. The average molecular weight is 244 g/mol. The van der Waals surface area contributed by atoms with E-state index in [0.717, 1.165) is 25.4 Å². The minimum atomic E-state index is 0.899. The van der Waals surface area contributed by atoms with Crippen LogP contribution in [0.1, 0.15) is 18.1 Å². The van der Waals surface area contributed by atoms with Crippen molar-refractivity contribution in [3.8, 4) is 5.75 Å². The molecule has 0 fully saturated rings. The first kappa shape index (κ1) is 12.7. The van der Waals surface area contributed by atoms with Crippen molar-refractivity contribution in [2.24, 2.45) is 0 Å². The lowest BCUT2D eigenvalue weighted by atomic mass is 10.2. The van der Waals surface area contributed by atoms with Crippen molar-refractivity contribution >= 4 is 0 Å². The first-order valence-electron chi connectivity index (χ1n) is 6.30. The summed E-state index contributed by atoms with van der Waals surface area (Å²) < 4.78 is 7.36. The molecule has 3 nitrogen and oxygen atoms in total. The number of rotatable bonds is 6. The molecule has 0 spiro atoms. The van der Waals surface area contributed by atoms with Crippen molar-refractivity contribution in [2.75, 3.05) is 13.7 Å². The zero-order chi connectivity index (χ0) is 12.8. The number of hydrogen-bond donors (Lipinski definition) is 1. The van der Waals surface area contributed by atoms with Crippen LogP contribution in [-0.2, 0) is 13.1 Å². The van der Waals surface area contributed by atoms with E-state index in [9.17, 15) is 0 Å². The second kappa shape index (κ2) is 6.26. The first-order valence-corrected chi connectivity index (χ1v) is 6.30. The van der Waals surface area contributed by atoms with Crippen LogP contribution in [0.5, 0.6) is 5.75 Å². The molecule has 0 saturated carbocycles. The predicted molar refractivity (Wildman–Crippen MR) is 73.9 cm³/mol. The molecule has 0 aliphatic carbocycles. The Morgan fingerprint density at radius 2 is 1.89 bits per heavy atom. The van der Waals surface area contributed by atoms with E-state index in [4.69, 9.17) is 4.74 Å². The molecule has 0 amide bonds. The van der Waals surface area contributed by atoms with Gasteiger partial charge >= 0.3 is 0 Å². The summed E-state index contributed by atoms with van der Waals surface area (Å²) in [4.78, 5) is 0. The van der Waals surface area contributed by atoms with Crippen molar-refractivity contribution < 1.29 is 4.74 Å². The summed E-state index contributed by atoms with van der Waals surface area (Å²) in [6.07, 6.45) is 4.31. The lowest BCUT2D eigenvalue weighted by Crippen LogP contribution is -2.11. The Bertz CT molecular complexity index is 473. The Morgan fingerprint density at radius 1 is 1.11 bits per heavy atom. The van der Waals surface area contributed by atoms with Gasteiger partial charge in [-0.2, -0.15) is 0 Å². The Morgan fingerprint density at radius 3 is 2.56 bits per heavy atom. The van der Waals surface area contributed by atoms with Gasteiger partial charge < -0.3 is 14.6 Å². The number of hydrogen-bond acceptors (Lipinski definition) is 2. The minimum absolute atomic E-state index is 0.899. The molecule has 18 heavy (non-hydrogen) atoms. The third-order valence-corrected chi connectivity index (χ3v) is 2.92. The highest BCUT2D eigenvalue weighted by molar-refractivity contribution is 5.27. The second-order valence-corrected chi connectivity index (χ2v) is 4.32. The third-order valence-electron chi connectivity index (χ3n) is 2.92. The number of ether oxygens (including phenoxy) is 1. The van der Waals surface area contributed by atoms with Crippen LogP contribution in [0.3, 0.4) is 0 Å². The van der Waals surface area contributed by atoms with Gasteiger partial charge in [-0.15, -0.1) is 0 Å². The molecule has 1 aromatic heterocycles. The van der Waals surface area contributed by atoms with Crippen LogP contribution in [0.25, 0.3) is 0 Å². The van der Waals surface area contributed by atoms with Crippen LogP contribution in [-0.4, -0.2) is 18.2 Å². The summed E-state index contributed by atoms with van der Waals surface area (Å²) in [6.45, 7) is 4.96. The highest BCUT2D eigenvalue weighted by Crippen LogP contribution is 2.13. The minimum Gasteiger partial charge on any atom is -0.497 e. The van der Waals surface area contributed by atoms with Crippen molar-refractivity contribution in [1.29, 1.82) is 0 Å². The smallest absolute Gasteiger partial charge is 0.118 e. The standard InChI is InChI=1S/C15H20N2O/c1-3-16-10-14-8-9-17(12-14)11-13-4-6-15(18-2)7-5-13/h4-9,12,16H,3,10-11H2,1-2H3. The molecule has 96 valence electrons. The van der Waals surface area contributed by atoms with Crippen LogP contribution in [0.15, 0.2) is 42.7 Å². The maximum atomic E-state index is 5.15. The van der Waals surface area contributed by atoms with Crippen molar-refractivity contribution in [1.82, 2.24) is 9.88 Å². The summed E-state index contributed by atoms with van der Waals surface area (Å²) in [5.41, 5.74) is 2.60. The van der Waals surface area contributed by atoms with E-state index < -0.39 is 0 Å². The third kappa shape index (κ3) is 3.37. The van der Waals surface area contributed by atoms with E-state index in [1.807, 2.05) is 12.1 Å². The summed E-state index contributed by atoms with van der Waals surface area (Å²) >= 11 is 0. The van der Waals surface area contributed by atoms with Gasteiger partial charge in [0.25, 0.3) is 0 Å². The average Bonchev–Trinajstić information content (AvgIpc) is 2.85. The first-order chi connectivity index (χ1) is 8.81. The Kier molecular flexibility index (Phi) is 4.42. The molecular weight excluding hydrogens is 224 g/mol. The van der Waals surface area contributed by atoms with Gasteiger partial charge in [-0.3, -0.25) is 0 Å². The van der Waals surface area contributed by atoms with Gasteiger partial charge in [-0.25, -0.2) is 0 Å². The van der Waals surface area contributed by atoms with Crippen LogP contribution < -0.4 is 10.1 Å². The summed E-state index contributed by atoms with van der Waals surface area (Å²) in [5, 5.41) is 3.33. The quantitative estimate of drug-likeness (QED) is 0.845. The molecular formula is C15H20N2O. The van der Waals surface area contributed by atoms with E-state index in [1.165, 1.54) is 11.1 Å². The van der Waals surface area contributed by atoms with Crippen LogP contribution in [0.4, 0.5) is 0 Å². The zero-order valence-electron chi connectivity index (χ0n) is 11.0. The lowest BCUT2D eigenvalue weighted by Gasteiger charge is -2.05. The molecule has 0 aliphatic rings. The molecule has 3 heteroatoms. The topological polar surface area (TPSA) is 26.2 Å². The van der Waals surface area contributed by atoms with Crippen LogP contribution in [0, 0.1) is 0 Å². The number of methoxy groups -OCH3 is 1. The van der Waals surface area contributed by atoms with E-state index >= 15 is 0 Å². The summed E-state index contributed by atoms with van der Waals surface area (Å²) in [6, 6.07) is 10.4. The van der Waals surface area contributed by atoms with Gasteiger partial charge in [0, 0.05) is 25.5 Å². The largest absolute Gasteiger partial charge is 0.497 e. The SMILES string of the molecule is CCNCc1ccn(Cc2ccc(OC)cc2)c1. The summed E-state index contributed by atoms with van der Waals surface area (Å²) in [5.74, 6) is 0.902. The molecule has 2 rings (SSSR count). The molecule has 0 saturated heterocycles. The second-order valence-electron chi connectivity index (χ2n) is 4.32. The molecule has 0 atom stereocenters. The Labute approximate surface area is 108 Å². The van der Waals surface area contributed by atoms with Gasteiger partial charge in [-0.1, -0.05) is 19.1 Å². The zero-order valence-corrected chi connectivity index (χ0v) is 11.0. The van der Waals surface area contributed by atoms with E-state index in [0.29, 0.717) is 0 Å². The van der Waals surface area contributed by atoms with Gasteiger partial charge in [0.15, 0.2) is 0 Å². The molecule has 2 aromatic rings. The van der Waals surface area contributed by atoms with Crippen LogP contribution >= 0.6 is 0 Å². The fourth-order valence-corrected chi connectivity index (χ4v) is 1.90. The van der Waals surface area contributed by atoms with Gasteiger partial charge in [0.2, 0.25) is 0 Å².